The number of aliphatic imine (C=N–C) groups is 1. The van der Waals surface area contributed by atoms with E-state index in [9.17, 15) is 14.4 Å². The topological polar surface area (TPSA) is 104 Å². The van der Waals surface area contributed by atoms with Gasteiger partial charge < -0.3 is 19.9 Å². The lowest BCUT2D eigenvalue weighted by molar-refractivity contribution is -0.119. The van der Waals surface area contributed by atoms with Crippen LogP contribution >= 0.6 is 0 Å². The number of anilines is 2. The van der Waals surface area contributed by atoms with Gasteiger partial charge in [0.25, 0.3) is 0 Å². The zero-order valence-corrected chi connectivity index (χ0v) is 20.6. The number of esters is 1. The van der Waals surface area contributed by atoms with Crippen molar-refractivity contribution in [3.05, 3.63) is 83.7 Å². The maximum absolute atomic E-state index is 13.1. The van der Waals surface area contributed by atoms with Crippen LogP contribution in [0.2, 0.25) is 0 Å². The van der Waals surface area contributed by atoms with Crippen LogP contribution in [0, 0.1) is 0 Å². The van der Waals surface area contributed by atoms with Gasteiger partial charge in [-0.1, -0.05) is 12.1 Å². The van der Waals surface area contributed by atoms with Gasteiger partial charge in [0.05, 0.1) is 30.6 Å². The van der Waals surface area contributed by atoms with Gasteiger partial charge in [-0.15, -0.1) is 0 Å². The van der Waals surface area contributed by atoms with E-state index in [1.165, 1.54) is 7.11 Å². The van der Waals surface area contributed by atoms with Crippen LogP contribution in [0.4, 0.5) is 17.1 Å². The molecule has 3 aromatic rings. The van der Waals surface area contributed by atoms with Crippen molar-refractivity contribution in [3.8, 4) is 0 Å². The lowest BCUT2D eigenvalue weighted by atomic mass is 9.91. The molecule has 0 fully saturated rings. The number of benzene rings is 2. The summed E-state index contributed by atoms with van der Waals surface area (Å²) in [6.45, 7) is 0.301. The van der Waals surface area contributed by atoms with Crippen molar-refractivity contribution in [2.45, 2.75) is 5.92 Å². The molecule has 0 spiro atoms. The number of methoxy groups -OCH3 is 1. The zero-order valence-electron chi connectivity index (χ0n) is 20.6. The molecular formula is C27H27N5O4. The number of aromatic nitrogens is 1. The molecule has 9 nitrogen and oxygen atoms in total. The number of nitrogens with one attached hydrogen (secondary N) is 1. The van der Waals surface area contributed by atoms with Crippen LogP contribution in [0.15, 0.2) is 72.0 Å². The number of carbonyl (C=O) groups is 3. The van der Waals surface area contributed by atoms with E-state index in [1.54, 1.807) is 60.7 Å². The highest BCUT2D eigenvalue weighted by molar-refractivity contribution is 6.24. The highest BCUT2D eigenvalue weighted by atomic mass is 16.5. The van der Waals surface area contributed by atoms with E-state index in [-0.39, 0.29) is 11.8 Å². The molecule has 0 bridgehead atoms. The number of hydrogen-bond acceptors (Lipinski definition) is 7. The van der Waals surface area contributed by atoms with Crippen LogP contribution in [-0.2, 0) is 14.3 Å². The summed E-state index contributed by atoms with van der Waals surface area (Å²) in [6.07, 6.45) is 3.32. The average molecular weight is 486 g/mol. The summed E-state index contributed by atoms with van der Waals surface area (Å²) >= 11 is 0. The zero-order chi connectivity index (χ0) is 25.8. The number of ether oxygens (including phenoxy) is 1. The van der Waals surface area contributed by atoms with E-state index in [2.05, 4.69) is 10.3 Å². The van der Waals surface area contributed by atoms with Gasteiger partial charge in [0.2, 0.25) is 11.8 Å². The normalized spacial score (nSPS) is 14.9. The van der Waals surface area contributed by atoms with Gasteiger partial charge in [-0.25, -0.2) is 4.79 Å². The van der Waals surface area contributed by atoms with Crippen molar-refractivity contribution in [1.29, 1.82) is 0 Å². The van der Waals surface area contributed by atoms with Gasteiger partial charge in [0, 0.05) is 36.4 Å². The summed E-state index contributed by atoms with van der Waals surface area (Å²) in [5.74, 6) is -1.45. The van der Waals surface area contributed by atoms with Crippen molar-refractivity contribution < 1.29 is 19.1 Å². The highest BCUT2D eigenvalue weighted by Gasteiger charge is 2.36. The number of amides is 2. The molecule has 1 aliphatic rings. The van der Waals surface area contributed by atoms with E-state index in [1.807, 2.05) is 37.2 Å². The molecule has 1 atom stereocenters. The Morgan fingerprint density at radius 3 is 2.44 bits per heavy atom. The molecule has 36 heavy (non-hydrogen) atoms. The van der Waals surface area contributed by atoms with E-state index in [4.69, 9.17) is 9.73 Å². The number of nitrogens with zero attached hydrogens (tertiary/aromatic N) is 4. The predicted octanol–water partition coefficient (Wildman–Crippen LogP) is 3.25. The van der Waals surface area contributed by atoms with Crippen molar-refractivity contribution >= 4 is 40.6 Å². The van der Waals surface area contributed by atoms with Gasteiger partial charge in [-0.05, 0) is 62.1 Å². The summed E-state index contributed by atoms with van der Waals surface area (Å²) in [5.41, 5.74) is 4.18. The third-order valence-electron chi connectivity index (χ3n) is 5.85. The standard InChI is InChI=1S/C27H27N5O4/c1-31(2)16-23(33)32(3)20-10-8-19(9-11-20)29-25(18-6-5-13-28-15-18)24-21-12-7-17(27(35)36-4)14-22(21)30-26(24)34/h5-15,24H,16H2,1-4H3,(H,30,34). The lowest BCUT2D eigenvalue weighted by Gasteiger charge is -2.20. The van der Waals surface area contributed by atoms with Gasteiger partial charge in [0.1, 0.15) is 5.92 Å². The fourth-order valence-corrected chi connectivity index (χ4v) is 4.00. The molecule has 0 saturated carbocycles. The Bertz CT molecular complexity index is 1320. The summed E-state index contributed by atoms with van der Waals surface area (Å²) < 4.78 is 4.79. The molecule has 2 heterocycles. The molecule has 1 aliphatic heterocycles. The van der Waals surface area contributed by atoms with Gasteiger partial charge in [0.15, 0.2) is 0 Å². The van der Waals surface area contributed by atoms with Crippen LogP contribution < -0.4 is 10.2 Å². The summed E-state index contributed by atoms with van der Waals surface area (Å²) in [4.78, 5) is 49.9. The van der Waals surface area contributed by atoms with Gasteiger partial charge in [-0.2, -0.15) is 0 Å². The molecule has 0 radical (unpaired) electrons. The molecular weight excluding hydrogens is 458 g/mol. The molecule has 2 aromatic carbocycles. The second-order valence-corrected chi connectivity index (χ2v) is 8.66. The minimum Gasteiger partial charge on any atom is -0.465 e. The first-order valence-electron chi connectivity index (χ1n) is 11.3. The fraction of sp³-hybridized carbons (Fsp3) is 0.222. The number of rotatable bonds is 7. The number of carbonyl (C=O) groups excluding carboxylic acids is 3. The Morgan fingerprint density at radius 2 is 1.81 bits per heavy atom. The minimum atomic E-state index is -0.695. The minimum absolute atomic E-state index is 0.0298. The van der Waals surface area contributed by atoms with E-state index in [0.29, 0.717) is 40.3 Å². The second kappa shape index (κ2) is 10.5. The molecule has 0 saturated heterocycles. The summed E-state index contributed by atoms with van der Waals surface area (Å²) in [5, 5.41) is 2.86. The van der Waals surface area contributed by atoms with Crippen molar-refractivity contribution in [2.75, 3.05) is 45.0 Å². The Balaban J connectivity index is 1.71. The first-order chi connectivity index (χ1) is 17.3. The Morgan fingerprint density at radius 1 is 1.06 bits per heavy atom. The second-order valence-electron chi connectivity index (χ2n) is 8.66. The lowest BCUT2D eigenvalue weighted by Crippen LogP contribution is -2.34. The quantitative estimate of drug-likeness (QED) is 0.407. The molecule has 9 heteroatoms. The molecule has 4 rings (SSSR count). The molecule has 1 unspecified atom stereocenters. The van der Waals surface area contributed by atoms with Crippen molar-refractivity contribution in [1.82, 2.24) is 9.88 Å². The van der Waals surface area contributed by atoms with Crippen LogP contribution in [0.25, 0.3) is 0 Å². The Hall–Kier alpha value is -4.37. The smallest absolute Gasteiger partial charge is 0.337 e. The van der Waals surface area contributed by atoms with Crippen LogP contribution in [-0.4, -0.2) is 68.2 Å². The number of fused-ring (bicyclic) bond motifs is 1. The largest absolute Gasteiger partial charge is 0.465 e. The highest BCUT2D eigenvalue weighted by Crippen LogP contribution is 2.37. The fourth-order valence-electron chi connectivity index (χ4n) is 4.00. The molecule has 2 amide bonds. The Kier molecular flexibility index (Phi) is 7.21. The number of likely N-dealkylation sites (N-methyl/N-ethyl adjacent to an activating group) is 2. The third kappa shape index (κ3) is 5.16. The van der Waals surface area contributed by atoms with Crippen LogP contribution in [0.3, 0.4) is 0 Å². The average Bonchev–Trinajstić information content (AvgIpc) is 3.21. The SMILES string of the molecule is COC(=O)c1ccc2c(c1)NC(=O)C2C(=Nc1ccc(N(C)C(=O)CN(C)C)cc1)c1cccnc1. The van der Waals surface area contributed by atoms with E-state index < -0.39 is 11.9 Å². The first-order valence-corrected chi connectivity index (χ1v) is 11.3. The predicted molar refractivity (Wildman–Crippen MR) is 138 cm³/mol. The maximum Gasteiger partial charge on any atom is 0.337 e. The third-order valence-corrected chi connectivity index (χ3v) is 5.85. The molecule has 1 N–H and O–H groups in total. The number of hydrogen-bond donors (Lipinski definition) is 1. The van der Waals surface area contributed by atoms with E-state index in [0.717, 1.165) is 5.69 Å². The maximum atomic E-state index is 13.1. The van der Waals surface area contributed by atoms with Gasteiger partial charge >= 0.3 is 5.97 Å². The first kappa shape index (κ1) is 24.7. The van der Waals surface area contributed by atoms with Crippen LogP contribution in [0.5, 0.6) is 0 Å². The van der Waals surface area contributed by atoms with Gasteiger partial charge in [-0.3, -0.25) is 19.6 Å². The summed E-state index contributed by atoms with van der Waals surface area (Å²) in [6, 6.07) is 15.9. The molecule has 184 valence electrons. The number of pyridine rings is 1. The Labute approximate surface area is 209 Å². The summed E-state index contributed by atoms with van der Waals surface area (Å²) in [7, 11) is 6.73. The monoisotopic (exact) mass is 485 g/mol. The van der Waals surface area contributed by atoms with Crippen molar-refractivity contribution in [3.63, 3.8) is 0 Å². The molecule has 1 aromatic heterocycles. The molecule has 0 aliphatic carbocycles. The van der Waals surface area contributed by atoms with Crippen molar-refractivity contribution in [2.24, 2.45) is 4.99 Å². The van der Waals surface area contributed by atoms with E-state index >= 15 is 0 Å². The van der Waals surface area contributed by atoms with Crippen LogP contribution in [0.1, 0.15) is 27.4 Å².